The summed E-state index contributed by atoms with van der Waals surface area (Å²) in [4.78, 5) is 2.12. The zero-order chi connectivity index (χ0) is 10.4. The van der Waals surface area contributed by atoms with Gasteiger partial charge in [-0.1, -0.05) is 0 Å². The number of nitrogens with two attached hydrogens (primary N) is 1. The third-order valence-corrected chi connectivity index (χ3v) is 2.50. The quantitative estimate of drug-likeness (QED) is 0.699. The Morgan fingerprint density at radius 3 is 3.07 bits per heavy atom. The Bertz CT molecular complexity index is 196. The Morgan fingerprint density at radius 2 is 2.50 bits per heavy atom. The molecule has 4 nitrogen and oxygen atoms in total. The van der Waals surface area contributed by atoms with Crippen molar-refractivity contribution in [1.82, 2.24) is 4.90 Å². The summed E-state index contributed by atoms with van der Waals surface area (Å²) in [5, 5.41) is 8.56. The molecule has 1 fully saturated rings. The molecule has 0 bridgehead atoms. The van der Waals surface area contributed by atoms with Crippen LogP contribution in [0, 0.1) is 17.2 Å². The van der Waals surface area contributed by atoms with Crippen molar-refractivity contribution in [3.8, 4) is 6.07 Å². The molecule has 0 amide bonds. The lowest BCUT2D eigenvalue weighted by Crippen LogP contribution is -2.38. The zero-order valence-corrected chi connectivity index (χ0v) is 8.78. The zero-order valence-electron chi connectivity index (χ0n) is 8.78. The molecule has 4 heteroatoms. The van der Waals surface area contributed by atoms with Crippen LogP contribution in [0.15, 0.2) is 0 Å². The highest BCUT2D eigenvalue weighted by atomic mass is 16.5. The van der Waals surface area contributed by atoms with Crippen LogP contribution in [-0.2, 0) is 4.74 Å². The molecule has 0 aromatic carbocycles. The Kier molecular flexibility index (Phi) is 4.88. The third kappa shape index (κ3) is 4.05. The fourth-order valence-corrected chi connectivity index (χ4v) is 1.84. The highest BCUT2D eigenvalue weighted by molar-refractivity contribution is 4.88. The van der Waals surface area contributed by atoms with Gasteiger partial charge in [-0.05, 0) is 25.8 Å². The van der Waals surface area contributed by atoms with Gasteiger partial charge in [0.1, 0.15) is 6.04 Å². The van der Waals surface area contributed by atoms with Crippen molar-refractivity contribution in [3.05, 3.63) is 0 Å². The van der Waals surface area contributed by atoms with Gasteiger partial charge in [-0.15, -0.1) is 0 Å². The first-order chi connectivity index (χ1) is 6.72. The van der Waals surface area contributed by atoms with Crippen molar-refractivity contribution in [3.63, 3.8) is 0 Å². The molecule has 2 N–H and O–H groups in total. The van der Waals surface area contributed by atoms with E-state index in [4.69, 9.17) is 15.7 Å². The minimum absolute atomic E-state index is 0.371. The number of ether oxygens (including phenoxy) is 1. The molecule has 14 heavy (non-hydrogen) atoms. The summed E-state index contributed by atoms with van der Waals surface area (Å²) in [5.41, 5.74) is 5.54. The topological polar surface area (TPSA) is 62.3 Å². The van der Waals surface area contributed by atoms with Crippen LogP contribution in [0.4, 0.5) is 0 Å². The fourth-order valence-electron chi connectivity index (χ4n) is 1.84. The molecule has 1 heterocycles. The van der Waals surface area contributed by atoms with E-state index in [0.717, 1.165) is 26.2 Å². The number of nitrogens with zero attached hydrogens (tertiary/aromatic N) is 2. The molecular formula is C10H19N3O. The highest BCUT2D eigenvalue weighted by Crippen LogP contribution is 2.14. The van der Waals surface area contributed by atoms with Gasteiger partial charge in [0, 0.05) is 19.7 Å². The van der Waals surface area contributed by atoms with E-state index in [1.807, 2.05) is 13.1 Å². The van der Waals surface area contributed by atoms with Crippen LogP contribution in [0.5, 0.6) is 0 Å². The molecule has 0 aromatic rings. The van der Waals surface area contributed by atoms with E-state index in [1.165, 1.54) is 6.42 Å². The van der Waals surface area contributed by atoms with Gasteiger partial charge < -0.3 is 15.4 Å². The molecule has 0 spiro atoms. The maximum Gasteiger partial charge on any atom is 0.106 e. The fraction of sp³-hybridized carbons (Fsp3) is 0.900. The van der Waals surface area contributed by atoms with Crippen LogP contribution in [0.25, 0.3) is 0 Å². The Hall–Kier alpha value is -0.630. The maximum absolute atomic E-state index is 8.56. The monoisotopic (exact) mass is 197 g/mol. The van der Waals surface area contributed by atoms with Crippen molar-refractivity contribution in [2.24, 2.45) is 11.7 Å². The van der Waals surface area contributed by atoms with Gasteiger partial charge >= 0.3 is 0 Å². The number of hydrogen-bond donors (Lipinski definition) is 1. The van der Waals surface area contributed by atoms with Crippen LogP contribution in [0.2, 0.25) is 0 Å². The van der Waals surface area contributed by atoms with Gasteiger partial charge in [-0.2, -0.15) is 5.26 Å². The predicted molar refractivity (Wildman–Crippen MR) is 54.6 cm³/mol. The van der Waals surface area contributed by atoms with Gasteiger partial charge in [-0.3, -0.25) is 0 Å². The Morgan fingerprint density at radius 1 is 1.71 bits per heavy atom. The molecule has 0 aromatic heterocycles. The SMILES string of the molecule is CN(CC(N)C#N)CC1CCCOC1. The van der Waals surface area contributed by atoms with Crippen molar-refractivity contribution in [1.29, 1.82) is 5.26 Å². The second-order valence-corrected chi connectivity index (χ2v) is 4.04. The van der Waals surface area contributed by atoms with Crippen molar-refractivity contribution in [2.45, 2.75) is 18.9 Å². The van der Waals surface area contributed by atoms with E-state index in [1.54, 1.807) is 0 Å². The van der Waals surface area contributed by atoms with Crippen molar-refractivity contribution < 1.29 is 4.74 Å². The van der Waals surface area contributed by atoms with Crippen LogP contribution in [0.1, 0.15) is 12.8 Å². The second-order valence-electron chi connectivity index (χ2n) is 4.04. The highest BCUT2D eigenvalue weighted by Gasteiger charge is 2.16. The standard InChI is InChI=1S/C10H19N3O/c1-13(7-10(12)5-11)6-9-3-2-4-14-8-9/h9-10H,2-4,6-8,12H2,1H3. The molecule has 1 aliphatic heterocycles. The number of hydrogen-bond acceptors (Lipinski definition) is 4. The molecule has 0 aliphatic carbocycles. The summed E-state index contributed by atoms with van der Waals surface area (Å²) in [6.45, 7) is 3.38. The van der Waals surface area contributed by atoms with Gasteiger partial charge in [0.2, 0.25) is 0 Å². The molecule has 80 valence electrons. The predicted octanol–water partition coefficient (Wildman–Crippen LogP) is 0.196. The summed E-state index contributed by atoms with van der Waals surface area (Å²) >= 11 is 0. The molecule has 1 rings (SSSR count). The number of rotatable bonds is 4. The van der Waals surface area contributed by atoms with E-state index in [9.17, 15) is 0 Å². The molecular weight excluding hydrogens is 178 g/mol. The normalized spacial score (nSPS) is 24.6. The minimum atomic E-state index is -0.371. The first kappa shape index (κ1) is 11.4. The van der Waals surface area contributed by atoms with Crippen LogP contribution in [0.3, 0.4) is 0 Å². The van der Waals surface area contributed by atoms with Gasteiger partial charge in [-0.25, -0.2) is 0 Å². The lowest BCUT2D eigenvalue weighted by molar-refractivity contribution is 0.0419. The summed E-state index contributed by atoms with van der Waals surface area (Å²) in [6.07, 6.45) is 2.38. The summed E-state index contributed by atoms with van der Waals surface area (Å²) in [5.74, 6) is 0.611. The Labute approximate surface area is 85.6 Å². The van der Waals surface area contributed by atoms with Crippen LogP contribution >= 0.6 is 0 Å². The number of likely N-dealkylation sites (N-methyl/N-ethyl adjacent to an activating group) is 1. The van der Waals surface area contributed by atoms with E-state index in [-0.39, 0.29) is 6.04 Å². The molecule has 0 saturated carbocycles. The minimum Gasteiger partial charge on any atom is -0.381 e. The van der Waals surface area contributed by atoms with E-state index < -0.39 is 0 Å². The van der Waals surface area contributed by atoms with Gasteiger partial charge in [0.05, 0.1) is 12.7 Å². The Balaban J connectivity index is 2.18. The summed E-state index contributed by atoms with van der Waals surface area (Å²) < 4.78 is 5.39. The van der Waals surface area contributed by atoms with Gasteiger partial charge in [0.15, 0.2) is 0 Å². The lowest BCUT2D eigenvalue weighted by atomic mass is 10.0. The molecule has 0 radical (unpaired) electrons. The maximum atomic E-state index is 8.56. The molecule has 2 unspecified atom stereocenters. The first-order valence-corrected chi connectivity index (χ1v) is 5.14. The largest absolute Gasteiger partial charge is 0.381 e. The summed E-state index contributed by atoms with van der Waals surface area (Å²) in [7, 11) is 2.01. The summed E-state index contributed by atoms with van der Waals surface area (Å²) in [6, 6.07) is 1.67. The average Bonchev–Trinajstić information content (AvgIpc) is 2.19. The lowest BCUT2D eigenvalue weighted by Gasteiger charge is -2.27. The van der Waals surface area contributed by atoms with Crippen molar-refractivity contribution >= 4 is 0 Å². The van der Waals surface area contributed by atoms with Crippen LogP contribution < -0.4 is 5.73 Å². The molecule has 1 aliphatic rings. The first-order valence-electron chi connectivity index (χ1n) is 5.14. The average molecular weight is 197 g/mol. The van der Waals surface area contributed by atoms with E-state index >= 15 is 0 Å². The molecule has 2 atom stereocenters. The van der Waals surface area contributed by atoms with E-state index in [2.05, 4.69) is 4.90 Å². The third-order valence-electron chi connectivity index (χ3n) is 2.50. The van der Waals surface area contributed by atoms with Crippen molar-refractivity contribution in [2.75, 3.05) is 33.4 Å². The second kappa shape index (κ2) is 5.97. The number of nitriles is 1. The smallest absolute Gasteiger partial charge is 0.106 e. The van der Waals surface area contributed by atoms with Gasteiger partial charge in [0.25, 0.3) is 0 Å². The molecule has 1 saturated heterocycles. The van der Waals surface area contributed by atoms with E-state index in [0.29, 0.717) is 12.5 Å². The van der Waals surface area contributed by atoms with Crippen LogP contribution in [-0.4, -0.2) is 44.3 Å².